The molecule has 1 aliphatic rings. The maximum Gasteiger partial charge on any atom is 0.325 e. The number of anilines is 1. The first-order valence-corrected chi connectivity index (χ1v) is 6.65. The van der Waals surface area contributed by atoms with E-state index >= 15 is 0 Å². The van der Waals surface area contributed by atoms with E-state index in [2.05, 4.69) is 20.6 Å². The van der Waals surface area contributed by atoms with E-state index in [1.165, 1.54) is 29.9 Å². The van der Waals surface area contributed by atoms with Crippen LogP contribution in [0.1, 0.15) is 12.8 Å². The summed E-state index contributed by atoms with van der Waals surface area (Å²) in [6.07, 6.45) is 5.36. The summed E-state index contributed by atoms with van der Waals surface area (Å²) < 4.78 is 1.25. The SMILES string of the molecule is O=C(O)Cn1cc(NC(=O)NCCN2CCCC2)cn1. The van der Waals surface area contributed by atoms with Crippen molar-refractivity contribution in [3.05, 3.63) is 12.4 Å². The predicted octanol–water partition coefficient (Wildman–Crippen LogP) is 0.185. The highest BCUT2D eigenvalue weighted by Gasteiger charge is 2.11. The summed E-state index contributed by atoms with van der Waals surface area (Å²) in [6.45, 7) is 3.43. The zero-order valence-corrected chi connectivity index (χ0v) is 11.2. The second-order valence-corrected chi connectivity index (χ2v) is 4.75. The van der Waals surface area contributed by atoms with Crippen LogP contribution in [0.4, 0.5) is 10.5 Å². The normalized spacial score (nSPS) is 15.2. The Hall–Kier alpha value is -2.09. The molecule has 0 aromatic carbocycles. The second-order valence-electron chi connectivity index (χ2n) is 4.75. The highest BCUT2D eigenvalue weighted by atomic mass is 16.4. The fourth-order valence-electron chi connectivity index (χ4n) is 2.16. The van der Waals surface area contributed by atoms with Crippen LogP contribution in [0.3, 0.4) is 0 Å². The van der Waals surface area contributed by atoms with Crippen LogP contribution in [0.25, 0.3) is 0 Å². The monoisotopic (exact) mass is 281 g/mol. The quantitative estimate of drug-likeness (QED) is 0.691. The third kappa shape index (κ3) is 4.54. The summed E-state index contributed by atoms with van der Waals surface area (Å²) in [5.74, 6) is -0.977. The lowest BCUT2D eigenvalue weighted by atomic mass is 10.4. The third-order valence-corrected chi connectivity index (χ3v) is 3.10. The molecule has 110 valence electrons. The lowest BCUT2D eigenvalue weighted by Crippen LogP contribution is -2.35. The Balaban J connectivity index is 1.68. The van der Waals surface area contributed by atoms with Crippen LogP contribution in [0.15, 0.2) is 12.4 Å². The van der Waals surface area contributed by atoms with Gasteiger partial charge < -0.3 is 20.6 Å². The van der Waals surface area contributed by atoms with Gasteiger partial charge in [0.25, 0.3) is 0 Å². The van der Waals surface area contributed by atoms with Crippen molar-refractivity contribution in [3.63, 3.8) is 0 Å². The van der Waals surface area contributed by atoms with Crippen LogP contribution in [-0.2, 0) is 11.3 Å². The van der Waals surface area contributed by atoms with Gasteiger partial charge in [0, 0.05) is 19.3 Å². The second kappa shape index (κ2) is 6.90. The van der Waals surface area contributed by atoms with Gasteiger partial charge >= 0.3 is 12.0 Å². The maximum absolute atomic E-state index is 11.6. The average molecular weight is 281 g/mol. The van der Waals surface area contributed by atoms with Crippen LogP contribution in [0, 0.1) is 0 Å². The van der Waals surface area contributed by atoms with Crippen LogP contribution < -0.4 is 10.6 Å². The van der Waals surface area contributed by atoms with E-state index in [0.29, 0.717) is 12.2 Å². The number of carboxylic acid groups (broad SMARTS) is 1. The number of rotatable bonds is 6. The summed E-state index contributed by atoms with van der Waals surface area (Å²) in [7, 11) is 0. The van der Waals surface area contributed by atoms with E-state index in [-0.39, 0.29) is 12.6 Å². The number of carboxylic acids is 1. The number of amides is 2. The number of urea groups is 1. The lowest BCUT2D eigenvalue weighted by Gasteiger charge is -2.14. The average Bonchev–Trinajstić information content (AvgIpc) is 3.00. The number of nitrogens with zero attached hydrogens (tertiary/aromatic N) is 3. The first-order valence-electron chi connectivity index (χ1n) is 6.65. The van der Waals surface area contributed by atoms with Gasteiger partial charge in [-0.05, 0) is 25.9 Å². The molecule has 0 saturated carbocycles. The summed E-state index contributed by atoms with van der Waals surface area (Å²) in [5.41, 5.74) is 0.477. The highest BCUT2D eigenvalue weighted by Crippen LogP contribution is 2.06. The van der Waals surface area contributed by atoms with Crippen LogP contribution in [-0.4, -0.2) is 58.0 Å². The molecule has 1 fully saturated rings. The summed E-state index contributed by atoms with van der Waals surface area (Å²) in [5, 5.41) is 17.8. The maximum atomic E-state index is 11.6. The van der Waals surface area contributed by atoms with Gasteiger partial charge in [0.05, 0.1) is 11.9 Å². The third-order valence-electron chi connectivity index (χ3n) is 3.10. The molecule has 2 rings (SSSR count). The van der Waals surface area contributed by atoms with Crippen molar-refractivity contribution >= 4 is 17.7 Å². The molecular weight excluding hydrogens is 262 g/mol. The van der Waals surface area contributed by atoms with Gasteiger partial charge in [-0.2, -0.15) is 5.10 Å². The van der Waals surface area contributed by atoms with Gasteiger partial charge in [0.1, 0.15) is 6.54 Å². The molecule has 1 aromatic heterocycles. The Morgan fingerprint density at radius 1 is 1.35 bits per heavy atom. The molecule has 2 amide bonds. The van der Waals surface area contributed by atoms with E-state index in [1.54, 1.807) is 0 Å². The van der Waals surface area contributed by atoms with Gasteiger partial charge in [-0.1, -0.05) is 0 Å². The van der Waals surface area contributed by atoms with Gasteiger partial charge in [-0.15, -0.1) is 0 Å². The minimum atomic E-state index is -0.977. The summed E-state index contributed by atoms with van der Waals surface area (Å²) >= 11 is 0. The van der Waals surface area contributed by atoms with Crippen molar-refractivity contribution in [1.29, 1.82) is 0 Å². The fourth-order valence-corrected chi connectivity index (χ4v) is 2.16. The highest BCUT2D eigenvalue weighted by molar-refractivity contribution is 5.88. The van der Waals surface area contributed by atoms with E-state index in [9.17, 15) is 9.59 Å². The van der Waals surface area contributed by atoms with E-state index < -0.39 is 5.97 Å². The van der Waals surface area contributed by atoms with Gasteiger partial charge in [0.2, 0.25) is 0 Å². The van der Waals surface area contributed by atoms with Crippen molar-refractivity contribution < 1.29 is 14.7 Å². The fraction of sp³-hybridized carbons (Fsp3) is 0.583. The molecule has 1 saturated heterocycles. The first kappa shape index (κ1) is 14.3. The minimum Gasteiger partial charge on any atom is -0.480 e. The molecule has 8 heteroatoms. The molecule has 1 aliphatic heterocycles. The smallest absolute Gasteiger partial charge is 0.325 e. The predicted molar refractivity (Wildman–Crippen MR) is 72.6 cm³/mol. The molecule has 0 radical (unpaired) electrons. The van der Waals surface area contributed by atoms with Crippen molar-refractivity contribution in [1.82, 2.24) is 20.0 Å². The molecule has 0 aliphatic carbocycles. The minimum absolute atomic E-state index is 0.224. The van der Waals surface area contributed by atoms with Crippen LogP contribution in [0.5, 0.6) is 0 Å². The zero-order chi connectivity index (χ0) is 14.4. The molecule has 3 N–H and O–H groups in total. The molecule has 0 bridgehead atoms. The van der Waals surface area contributed by atoms with Gasteiger partial charge in [-0.3, -0.25) is 9.48 Å². The molecule has 0 spiro atoms. The Bertz CT molecular complexity index is 467. The van der Waals surface area contributed by atoms with Crippen LogP contribution >= 0.6 is 0 Å². The Labute approximate surface area is 116 Å². The Morgan fingerprint density at radius 2 is 2.10 bits per heavy atom. The van der Waals surface area contributed by atoms with Crippen molar-refractivity contribution in [2.45, 2.75) is 19.4 Å². The van der Waals surface area contributed by atoms with E-state index in [1.807, 2.05) is 0 Å². The number of hydrogen-bond acceptors (Lipinski definition) is 4. The Morgan fingerprint density at radius 3 is 2.80 bits per heavy atom. The molecule has 8 nitrogen and oxygen atoms in total. The number of aromatic nitrogens is 2. The van der Waals surface area contributed by atoms with Crippen LogP contribution in [0.2, 0.25) is 0 Å². The number of aliphatic carboxylic acids is 1. The number of likely N-dealkylation sites (tertiary alicyclic amines) is 1. The van der Waals surface area contributed by atoms with Gasteiger partial charge in [0.15, 0.2) is 0 Å². The number of hydrogen-bond donors (Lipinski definition) is 3. The van der Waals surface area contributed by atoms with Crippen molar-refractivity contribution in [3.8, 4) is 0 Å². The molecule has 20 heavy (non-hydrogen) atoms. The van der Waals surface area contributed by atoms with E-state index in [4.69, 9.17) is 5.11 Å². The zero-order valence-electron chi connectivity index (χ0n) is 11.2. The number of carbonyl (C=O) groups is 2. The molecule has 0 atom stereocenters. The first-order chi connectivity index (χ1) is 9.63. The lowest BCUT2D eigenvalue weighted by molar-refractivity contribution is -0.137. The standard InChI is InChI=1S/C12H19N5O3/c18-11(19)9-17-8-10(7-14-17)15-12(20)13-3-6-16-4-1-2-5-16/h7-8H,1-6,9H2,(H,18,19)(H2,13,15,20). The summed E-state index contributed by atoms with van der Waals surface area (Å²) in [4.78, 5) is 24.4. The molecular formula is C12H19N5O3. The van der Waals surface area contributed by atoms with Crippen molar-refractivity contribution in [2.24, 2.45) is 0 Å². The Kier molecular flexibility index (Phi) is 4.94. The van der Waals surface area contributed by atoms with Crippen molar-refractivity contribution in [2.75, 3.05) is 31.5 Å². The number of carbonyl (C=O) groups excluding carboxylic acids is 1. The van der Waals surface area contributed by atoms with Gasteiger partial charge in [-0.25, -0.2) is 4.79 Å². The molecule has 2 heterocycles. The topological polar surface area (TPSA) is 99.5 Å². The van der Waals surface area contributed by atoms with E-state index in [0.717, 1.165) is 19.6 Å². The number of nitrogens with one attached hydrogen (secondary N) is 2. The largest absolute Gasteiger partial charge is 0.480 e. The summed E-state index contributed by atoms with van der Waals surface area (Å²) in [6, 6.07) is -0.306. The molecule has 1 aromatic rings. The molecule has 0 unspecified atom stereocenters.